The topological polar surface area (TPSA) is 78.9 Å². The van der Waals surface area contributed by atoms with E-state index < -0.39 is 6.10 Å². The lowest BCUT2D eigenvalue weighted by Crippen LogP contribution is -2.30. The summed E-state index contributed by atoms with van der Waals surface area (Å²) in [7, 11) is 0. The Morgan fingerprint density at radius 3 is 0.928 bits per heavy atom. The maximum absolute atomic E-state index is 12.9. The van der Waals surface area contributed by atoms with Gasteiger partial charge in [-0.05, 0) is 89.9 Å². The number of unbranched alkanes of at least 4 members (excludes halogenated alkanes) is 30. The van der Waals surface area contributed by atoms with E-state index in [-0.39, 0.29) is 31.1 Å². The zero-order chi connectivity index (χ0) is 50.0. The van der Waals surface area contributed by atoms with E-state index in [4.69, 9.17) is 14.2 Å². The summed E-state index contributed by atoms with van der Waals surface area (Å²) in [5, 5.41) is 0. The summed E-state index contributed by atoms with van der Waals surface area (Å²) in [6.07, 6.45) is 73.2. The molecule has 0 aliphatic heterocycles. The molecule has 0 unspecified atom stereocenters. The van der Waals surface area contributed by atoms with Gasteiger partial charge in [0.2, 0.25) is 0 Å². The van der Waals surface area contributed by atoms with E-state index in [0.29, 0.717) is 19.3 Å². The minimum Gasteiger partial charge on any atom is -0.462 e. The summed E-state index contributed by atoms with van der Waals surface area (Å²) in [4.78, 5) is 38.2. The van der Waals surface area contributed by atoms with Gasteiger partial charge in [-0.25, -0.2) is 0 Å². The minimum absolute atomic E-state index is 0.0882. The molecule has 0 aliphatic carbocycles. The van der Waals surface area contributed by atoms with Crippen molar-refractivity contribution in [3.63, 3.8) is 0 Å². The molecule has 0 saturated carbocycles. The molecule has 69 heavy (non-hydrogen) atoms. The molecule has 0 bridgehead atoms. The van der Waals surface area contributed by atoms with Gasteiger partial charge in [-0.3, -0.25) is 14.4 Å². The van der Waals surface area contributed by atoms with E-state index in [1.807, 2.05) is 0 Å². The number of carbonyl (C=O) groups excluding carboxylic acids is 3. The molecule has 6 heteroatoms. The third kappa shape index (κ3) is 55.6. The van der Waals surface area contributed by atoms with Crippen LogP contribution in [0.15, 0.2) is 72.9 Å². The molecule has 0 aromatic rings. The average molecular weight is 964 g/mol. The number of hydrogen-bond donors (Lipinski definition) is 0. The van der Waals surface area contributed by atoms with Gasteiger partial charge < -0.3 is 14.2 Å². The summed E-state index contributed by atoms with van der Waals surface area (Å²) < 4.78 is 16.9. The van der Waals surface area contributed by atoms with Crippen molar-refractivity contribution in [2.45, 2.75) is 297 Å². The third-order valence-corrected chi connectivity index (χ3v) is 12.7. The van der Waals surface area contributed by atoms with Gasteiger partial charge in [-0.2, -0.15) is 0 Å². The molecule has 0 heterocycles. The lowest BCUT2D eigenvalue weighted by Gasteiger charge is -2.18. The molecule has 1 atom stereocenters. The number of rotatable bonds is 53. The molecule has 0 aromatic heterocycles. The maximum Gasteiger partial charge on any atom is 0.306 e. The van der Waals surface area contributed by atoms with E-state index in [9.17, 15) is 14.4 Å². The van der Waals surface area contributed by atoms with E-state index >= 15 is 0 Å². The number of carbonyl (C=O) groups is 3. The summed E-state index contributed by atoms with van der Waals surface area (Å²) >= 11 is 0. The molecule has 6 nitrogen and oxygen atoms in total. The molecule has 0 aromatic carbocycles. The highest BCUT2D eigenvalue weighted by Crippen LogP contribution is 2.16. The maximum atomic E-state index is 12.9. The van der Waals surface area contributed by atoms with Gasteiger partial charge in [0.1, 0.15) is 13.2 Å². The fourth-order valence-electron chi connectivity index (χ4n) is 8.29. The van der Waals surface area contributed by atoms with Gasteiger partial charge in [0, 0.05) is 19.3 Å². The molecular weight excluding hydrogens is 853 g/mol. The van der Waals surface area contributed by atoms with Crippen molar-refractivity contribution in [1.29, 1.82) is 0 Å². The van der Waals surface area contributed by atoms with E-state index in [1.165, 1.54) is 148 Å². The first-order chi connectivity index (χ1) is 34.0. The quantitative estimate of drug-likeness (QED) is 0.0262. The molecular formula is C63H110O6. The summed E-state index contributed by atoms with van der Waals surface area (Å²) in [6, 6.07) is 0. The number of hydrogen-bond acceptors (Lipinski definition) is 6. The summed E-state index contributed by atoms with van der Waals surface area (Å²) in [5.74, 6) is -0.918. The van der Waals surface area contributed by atoms with Gasteiger partial charge in [-0.1, -0.05) is 254 Å². The second kappa shape index (κ2) is 57.4. The lowest BCUT2D eigenvalue weighted by atomic mass is 10.0. The van der Waals surface area contributed by atoms with Crippen LogP contribution in [0.5, 0.6) is 0 Å². The Kier molecular flexibility index (Phi) is 54.8. The van der Waals surface area contributed by atoms with Crippen LogP contribution < -0.4 is 0 Å². The highest BCUT2D eigenvalue weighted by molar-refractivity contribution is 5.71. The Bertz CT molecular complexity index is 1290. The van der Waals surface area contributed by atoms with Gasteiger partial charge >= 0.3 is 17.9 Å². The molecule has 0 aliphatic rings. The van der Waals surface area contributed by atoms with Crippen LogP contribution in [0.3, 0.4) is 0 Å². The van der Waals surface area contributed by atoms with Gasteiger partial charge in [-0.15, -0.1) is 0 Å². The van der Waals surface area contributed by atoms with Crippen molar-refractivity contribution in [2.75, 3.05) is 13.2 Å². The Hall–Kier alpha value is -3.15. The van der Waals surface area contributed by atoms with Gasteiger partial charge in [0.05, 0.1) is 0 Å². The summed E-state index contributed by atoms with van der Waals surface area (Å²) in [5.41, 5.74) is 0. The average Bonchev–Trinajstić information content (AvgIpc) is 3.35. The number of ether oxygens (including phenoxy) is 3. The molecule has 398 valence electrons. The van der Waals surface area contributed by atoms with Gasteiger partial charge in [0.25, 0.3) is 0 Å². The van der Waals surface area contributed by atoms with Crippen LogP contribution in [-0.2, 0) is 28.6 Å². The minimum atomic E-state index is -0.791. The first kappa shape index (κ1) is 65.8. The van der Waals surface area contributed by atoms with Crippen molar-refractivity contribution >= 4 is 17.9 Å². The largest absolute Gasteiger partial charge is 0.462 e. The normalized spacial score (nSPS) is 12.6. The Balaban J connectivity index is 4.40. The number of allylic oxidation sites excluding steroid dienone is 12. The fourth-order valence-corrected chi connectivity index (χ4v) is 8.29. The van der Waals surface area contributed by atoms with Crippen molar-refractivity contribution in [1.82, 2.24) is 0 Å². The van der Waals surface area contributed by atoms with E-state index in [0.717, 1.165) is 103 Å². The predicted octanol–water partition coefficient (Wildman–Crippen LogP) is 19.8. The smallest absolute Gasteiger partial charge is 0.306 e. The number of esters is 3. The van der Waals surface area contributed by atoms with Crippen LogP contribution in [0.1, 0.15) is 290 Å². The van der Waals surface area contributed by atoms with Crippen molar-refractivity contribution < 1.29 is 28.6 Å². The fraction of sp³-hybridized carbons (Fsp3) is 0.762. The Morgan fingerprint density at radius 2 is 0.565 bits per heavy atom. The highest BCUT2D eigenvalue weighted by atomic mass is 16.6. The predicted molar refractivity (Wildman–Crippen MR) is 298 cm³/mol. The molecule has 0 rings (SSSR count). The molecule has 0 fully saturated rings. The van der Waals surface area contributed by atoms with Crippen molar-refractivity contribution in [3.8, 4) is 0 Å². The third-order valence-electron chi connectivity index (χ3n) is 12.7. The zero-order valence-corrected chi connectivity index (χ0v) is 45.6. The van der Waals surface area contributed by atoms with Crippen LogP contribution in [0.4, 0.5) is 0 Å². The van der Waals surface area contributed by atoms with E-state index in [1.54, 1.807) is 0 Å². The van der Waals surface area contributed by atoms with Crippen molar-refractivity contribution in [3.05, 3.63) is 72.9 Å². The molecule has 0 amide bonds. The van der Waals surface area contributed by atoms with Gasteiger partial charge in [0.15, 0.2) is 6.10 Å². The molecule has 0 saturated heterocycles. The molecule has 0 N–H and O–H groups in total. The zero-order valence-electron chi connectivity index (χ0n) is 45.6. The first-order valence-corrected chi connectivity index (χ1v) is 29.4. The van der Waals surface area contributed by atoms with Crippen LogP contribution in [0.25, 0.3) is 0 Å². The van der Waals surface area contributed by atoms with Crippen LogP contribution in [0, 0.1) is 0 Å². The van der Waals surface area contributed by atoms with Crippen LogP contribution >= 0.6 is 0 Å². The standard InChI is InChI=1S/C63H110O6/c1-4-7-10-13-16-19-22-25-27-29-31-33-35-38-41-44-47-50-53-56-62(65)68-59-60(58-67-61(64)55-52-49-46-43-40-37-24-21-18-15-12-9-6-3)69-63(66)57-54-51-48-45-42-39-36-34-32-30-28-26-23-20-17-14-11-8-5-2/h7,10,16,19,21,24-25,27,31,33,38,41,60H,4-6,8-9,11-15,17-18,20,22-23,26,28-30,32,34-37,39-40,42-59H2,1-3H3/b10-7-,19-16-,24-21-,27-25-,33-31-,41-38-/t60-/m0/s1. The Labute approximate surface area is 427 Å². The van der Waals surface area contributed by atoms with Crippen LogP contribution in [-0.4, -0.2) is 37.2 Å². The van der Waals surface area contributed by atoms with E-state index in [2.05, 4.69) is 93.7 Å². The lowest BCUT2D eigenvalue weighted by molar-refractivity contribution is -0.167. The first-order valence-electron chi connectivity index (χ1n) is 29.4. The monoisotopic (exact) mass is 963 g/mol. The second-order valence-corrected chi connectivity index (χ2v) is 19.5. The SMILES string of the molecule is CC/C=C\C/C=C\C/C=C\C/C=C\C/C=C\CCCCCC(=O)OC[C@H](COC(=O)CCCCCCC/C=C\CCCCCC)OC(=O)CCCCCCCCCCCCCCCCCCCCC. The summed E-state index contributed by atoms with van der Waals surface area (Å²) in [6.45, 7) is 6.50. The molecule has 0 radical (unpaired) electrons. The Morgan fingerprint density at radius 1 is 0.304 bits per heavy atom. The molecule has 0 spiro atoms. The van der Waals surface area contributed by atoms with Crippen molar-refractivity contribution in [2.24, 2.45) is 0 Å². The highest BCUT2D eigenvalue weighted by Gasteiger charge is 2.19. The second-order valence-electron chi connectivity index (χ2n) is 19.5. The van der Waals surface area contributed by atoms with Crippen LogP contribution in [0.2, 0.25) is 0 Å².